The van der Waals surface area contributed by atoms with Gasteiger partial charge in [0.25, 0.3) is 0 Å². The minimum Gasteiger partial charge on any atom is -0.489 e. The summed E-state index contributed by atoms with van der Waals surface area (Å²) in [4.78, 5) is 26.6. The van der Waals surface area contributed by atoms with Gasteiger partial charge in [0.1, 0.15) is 12.4 Å². The Kier molecular flexibility index (Phi) is 7.28. The van der Waals surface area contributed by atoms with Crippen molar-refractivity contribution in [3.63, 3.8) is 0 Å². The van der Waals surface area contributed by atoms with Crippen LogP contribution in [-0.2, 0) is 16.2 Å². The number of likely N-dealkylation sites (tertiary alicyclic amines) is 1. The fourth-order valence-electron chi connectivity index (χ4n) is 3.49. The van der Waals surface area contributed by atoms with Crippen LogP contribution in [0.5, 0.6) is 5.75 Å². The summed E-state index contributed by atoms with van der Waals surface area (Å²) < 4.78 is 5.78. The van der Waals surface area contributed by atoms with Gasteiger partial charge in [-0.25, -0.2) is 0 Å². The zero-order valence-corrected chi connectivity index (χ0v) is 17.3. The summed E-state index contributed by atoms with van der Waals surface area (Å²) in [6, 6.07) is 17.5. The van der Waals surface area contributed by atoms with Gasteiger partial charge in [-0.2, -0.15) is 0 Å². The first-order valence-corrected chi connectivity index (χ1v) is 10.4. The first-order valence-electron chi connectivity index (χ1n) is 10.4. The van der Waals surface area contributed by atoms with Crippen molar-refractivity contribution in [2.24, 2.45) is 11.8 Å². The van der Waals surface area contributed by atoms with Crippen LogP contribution in [0.3, 0.4) is 0 Å². The highest BCUT2D eigenvalue weighted by Gasteiger charge is 2.27. The third-order valence-corrected chi connectivity index (χ3v) is 5.17. The Bertz CT molecular complexity index is 795. The number of carbonyl (C=O) groups is 2. The van der Waals surface area contributed by atoms with Gasteiger partial charge >= 0.3 is 0 Å². The van der Waals surface area contributed by atoms with E-state index in [1.165, 1.54) is 0 Å². The predicted molar refractivity (Wildman–Crippen MR) is 115 cm³/mol. The number of ether oxygens (including phenoxy) is 1. The largest absolute Gasteiger partial charge is 0.489 e. The summed E-state index contributed by atoms with van der Waals surface area (Å²) in [6.07, 6.45) is 2.01. The minimum absolute atomic E-state index is 0.0268. The Labute approximate surface area is 173 Å². The van der Waals surface area contributed by atoms with E-state index in [2.05, 4.69) is 19.2 Å². The Morgan fingerprint density at radius 2 is 1.69 bits per heavy atom. The zero-order valence-electron chi connectivity index (χ0n) is 17.3. The quantitative estimate of drug-likeness (QED) is 0.753. The molecule has 3 rings (SSSR count). The van der Waals surface area contributed by atoms with E-state index < -0.39 is 0 Å². The average Bonchev–Trinajstić information content (AvgIpc) is 2.73. The third kappa shape index (κ3) is 6.34. The molecule has 5 nitrogen and oxygen atoms in total. The molecule has 0 atom stereocenters. The maximum absolute atomic E-state index is 12.6. The van der Waals surface area contributed by atoms with Crippen LogP contribution in [0.25, 0.3) is 0 Å². The van der Waals surface area contributed by atoms with Crippen LogP contribution >= 0.6 is 0 Å². The standard InChI is InChI=1S/C24H30N2O3/c1-18(2)16-23(27)26-14-12-20(13-15-26)24(28)25-21-8-10-22(11-9-21)29-17-19-6-4-3-5-7-19/h3-11,18,20H,12-17H2,1-2H3,(H,25,28). The molecule has 0 saturated carbocycles. The van der Waals surface area contributed by atoms with Crippen molar-refractivity contribution in [1.29, 1.82) is 0 Å². The van der Waals surface area contributed by atoms with Crippen molar-refractivity contribution >= 4 is 17.5 Å². The molecule has 1 aliphatic rings. The molecule has 2 aromatic carbocycles. The molecule has 5 heteroatoms. The molecule has 1 aliphatic heterocycles. The Morgan fingerprint density at radius 3 is 2.31 bits per heavy atom. The van der Waals surface area contributed by atoms with E-state index in [1.54, 1.807) is 0 Å². The third-order valence-electron chi connectivity index (χ3n) is 5.17. The number of hydrogen-bond donors (Lipinski definition) is 1. The predicted octanol–water partition coefficient (Wildman–Crippen LogP) is 4.49. The van der Waals surface area contributed by atoms with E-state index in [0.29, 0.717) is 44.9 Å². The highest BCUT2D eigenvalue weighted by molar-refractivity contribution is 5.92. The van der Waals surface area contributed by atoms with Gasteiger partial charge in [0.05, 0.1) is 0 Å². The maximum atomic E-state index is 12.6. The molecule has 0 aromatic heterocycles. The lowest BCUT2D eigenvalue weighted by molar-refractivity contribution is -0.135. The number of hydrogen-bond acceptors (Lipinski definition) is 3. The van der Waals surface area contributed by atoms with Crippen LogP contribution in [0.4, 0.5) is 5.69 Å². The number of rotatable bonds is 7. The summed E-state index contributed by atoms with van der Waals surface area (Å²) in [6.45, 7) is 5.94. The molecule has 2 aromatic rings. The van der Waals surface area contributed by atoms with Crippen molar-refractivity contribution < 1.29 is 14.3 Å². The van der Waals surface area contributed by atoms with Gasteiger partial charge in [-0.15, -0.1) is 0 Å². The van der Waals surface area contributed by atoms with E-state index in [4.69, 9.17) is 4.74 Å². The molecule has 1 saturated heterocycles. The Hall–Kier alpha value is -2.82. The monoisotopic (exact) mass is 394 g/mol. The highest BCUT2D eigenvalue weighted by Crippen LogP contribution is 2.22. The van der Waals surface area contributed by atoms with E-state index >= 15 is 0 Å². The first kappa shape index (κ1) is 20.9. The molecule has 154 valence electrons. The molecule has 1 fully saturated rings. The Balaban J connectivity index is 1.44. The SMILES string of the molecule is CC(C)CC(=O)N1CCC(C(=O)Nc2ccc(OCc3ccccc3)cc2)CC1. The lowest BCUT2D eigenvalue weighted by atomic mass is 9.95. The molecule has 0 spiro atoms. The van der Waals surface area contributed by atoms with Gasteiger partial charge < -0.3 is 15.0 Å². The minimum atomic E-state index is -0.0490. The van der Waals surface area contributed by atoms with Crippen LogP contribution < -0.4 is 10.1 Å². The molecular formula is C24H30N2O3. The number of amides is 2. The normalized spacial score (nSPS) is 14.7. The van der Waals surface area contributed by atoms with Crippen LogP contribution in [-0.4, -0.2) is 29.8 Å². The lowest BCUT2D eigenvalue weighted by Gasteiger charge is -2.31. The molecule has 0 unspecified atom stereocenters. The molecule has 2 amide bonds. The summed E-state index contributed by atoms with van der Waals surface area (Å²) in [7, 11) is 0. The highest BCUT2D eigenvalue weighted by atomic mass is 16.5. The molecule has 0 bridgehead atoms. The molecule has 1 heterocycles. The molecular weight excluding hydrogens is 364 g/mol. The smallest absolute Gasteiger partial charge is 0.227 e. The van der Waals surface area contributed by atoms with Crippen molar-refractivity contribution in [3.05, 3.63) is 60.2 Å². The number of piperidine rings is 1. The van der Waals surface area contributed by atoms with E-state index in [-0.39, 0.29) is 17.7 Å². The first-order chi connectivity index (χ1) is 14.0. The number of carbonyl (C=O) groups excluding carboxylic acids is 2. The lowest BCUT2D eigenvalue weighted by Crippen LogP contribution is -2.41. The van der Waals surface area contributed by atoms with E-state index in [9.17, 15) is 9.59 Å². The summed E-state index contributed by atoms with van der Waals surface area (Å²) in [5.41, 5.74) is 1.88. The van der Waals surface area contributed by atoms with Crippen LogP contribution in [0, 0.1) is 11.8 Å². The second-order valence-corrected chi connectivity index (χ2v) is 8.04. The zero-order chi connectivity index (χ0) is 20.6. The topological polar surface area (TPSA) is 58.6 Å². The van der Waals surface area contributed by atoms with Crippen molar-refractivity contribution in [1.82, 2.24) is 4.90 Å². The maximum Gasteiger partial charge on any atom is 0.227 e. The summed E-state index contributed by atoms with van der Waals surface area (Å²) in [5.74, 6) is 1.31. The van der Waals surface area contributed by atoms with Crippen LogP contribution in [0.2, 0.25) is 0 Å². The van der Waals surface area contributed by atoms with E-state index in [0.717, 1.165) is 17.0 Å². The van der Waals surface area contributed by atoms with Gasteiger partial charge in [-0.1, -0.05) is 44.2 Å². The molecule has 1 N–H and O–H groups in total. The van der Waals surface area contributed by atoms with Gasteiger partial charge in [0.15, 0.2) is 0 Å². The van der Waals surface area contributed by atoms with Gasteiger partial charge in [0, 0.05) is 31.1 Å². The molecule has 0 aliphatic carbocycles. The molecule has 0 radical (unpaired) electrons. The second-order valence-electron chi connectivity index (χ2n) is 8.04. The van der Waals surface area contributed by atoms with Crippen molar-refractivity contribution in [3.8, 4) is 5.75 Å². The van der Waals surface area contributed by atoms with Gasteiger partial charge in [-0.05, 0) is 48.6 Å². The summed E-state index contributed by atoms with van der Waals surface area (Å²) in [5, 5.41) is 2.99. The van der Waals surface area contributed by atoms with Crippen molar-refractivity contribution in [2.45, 2.75) is 39.7 Å². The average molecular weight is 395 g/mol. The number of nitrogens with one attached hydrogen (secondary N) is 1. The number of anilines is 1. The van der Waals surface area contributed by atoms with Crippen LogP contribution in [0.15, 0.2) is 54.6 Å². The van der Waals surface area contributed by atoms with Crippen molar-refractivity contribution in [2.75, 3.05) is 18.4 Å². The number of nitrogens with zero attached hydrogens (tertiary/aromatic N) is 1. The second kappa shape index (κ2) is 10.1. The van der Waals surface area contributed by atoms with Gasteiger partial charge in [0.2, 0.25) is 11.8 Å². The summed E-state index contributed by atoms with van der Waals surface area (Å²) >= 11 is 0. The fourth-order valence-corrected chi connectivity index (χ4v) is 3.49. The fraction of sp³-hybridized carbons (Fsp3) is 0.417. The Morgan fingerprint density at radius 1 is 1.03 bits per heavy atom. The van der Waals surface area contributed by atoms with Crippen LogP contribution in [0.1, 0.15) is 38.7 Å². The van der Waals surface area contributed by atoms with E-state index in [1.807, 2.05) is 59.5 Å². The molecule has 29 heavy (non-hydrogen) atoms. The van der Waals surface area contributed by atoms with Gasteiger partial charge in [-0.3, -0.25) is 9.59 Å². The number of benzene rings is 2.